The largest absolute Gasteiger partial charge is 0.444 e. The third-order valence-corrected chi connectivity index (χ3v) is 4.92. The minimum atomic E-state index is -0.454. The van der Waals surface area contributed by atoms with Gasteiger partial charge >= 0.3 is 6.09 Å². The zero-order valence-corrected chi connectivity index (χ0v) is 15.1. The molecule has 0 radical (unpaired) electrons. The van der Waals surface area contributed by atoms with Crippen molar-refractivity contribution in [2.45, 2.75) is 65.3 Å². The number of likely N-dealkylation sites (tertiary alicyclic amines) is 1. The first-order valence-corrected chi connectivity index (χ1v) is 8.72. The van der Waals surface area contributed by atoms with Crippen LogP contribution in [0.5, 0.6) is 0 Å². The fraction of sp³-hybridized carbons (Fsp3) is 0.706. The van der Waals surface area contributed by atoms with E-state index in [-0.39, 0.29) is 11.7 Å². The zero-order valence-electron chi connectivity index (χ0n) is 14.3. The molecule has 4 nitrogen and oxygen atoms in total. The number of carbonyl (C=O) groups is 1. The van der Waals surface area contributed by atoms with E-state index in [9.17, 15) is 4.79 Å². The third kappa shape index (κ3) is 4.71. The lowest BCUT2D eigenvalue weighted by atomic mass is 10.1. The van der Waals surface area contributed by atoms with Gasteiger partial charge in [-0.25, -0.2) is 4.79 Å². The predicted molar refractivity (Wildman–Crippen MR) is 89.3 cm³/mol. The second-order valence-electron chi connectivity index (χ2n) is 7.11. The van der Waals surface area contributed by atoms with Crippen LogP contribution in [0.2, 0.25) is 0 Å². The van der Waals surface area contributed by atoms with Crippen LogP contribution in [0, 0.1) is 0 Å². The number of hydrogen-bond donors (Lipinski definition) is 0. The Bertz CT molecular complexity index is 520. The highest BCUT2D eigenvalue weighted by molar-refractivity contribution is 7.11. The molecule has 0 aliphatic carbocycles. The molecule has 0 aromatic carbocycles. The van der Waals surface area contributed by atoms with E-state index in [4.69, 9.17) is 9.47 Å². The summed E-state index contributed by atoms with van der Waals surface area (Å²) in [5, 5.41) is 0. The second kappa shape index (κ2) is 6.59. The average Bonchev–Trinajstić information content (AvgIpc) is 3.01. The molecule has 1 aliphatic heterocycles. The minimum Gasteiger partial charge on any atom is -0.444 e. The van der Waals surface area contributed by atoms with Crippen molar-refractivity contribution in [1.29, 1.82) is 0 Å². The maximum absolute atomic E-state index is 12.1. The first kappa shape index (κ1) is 17.3. The van der Waals surface area contributed by atoms with E-state index in [0.717, 1.165) is 12.8 Å². The van der Waals surface area contributed by atoms with Crippen LogP contribution in [-0.2, 0) is 22.5 Å². The summed E-state index contributed by atoms with van der Waals surface area (Å²) in [6, 6.07) is 4.29. The Morgan fingerprint density at radius 2 is 2.05 bits per heavy atom. The number of hydrogen-bond acceptors (Lipinski definition) is 4. The molecule has 1 amide bonds. The van der Waals surface area contributed by atoms with Crippen LogP contribution in [0.4, 0.5) is 4.79 Å². The van der Waals surface area contributed by atoms with Crippen molar-refractivity contribution < 1.29 is 14.3 Å². The van der Waals surface area contributed by atoms with Crippen LogP contribution in [0.25, 0.3) is 0 Å². The number of thiophene rings is 1. The van der Waals surface area contributed by atoms with Gasteiger partial charge in [0.1, 0.15) is 5.60 Å². The topological polar surface area (TPSA) is 38.8 Å². The summed E-state index contributed by atoms with van der Waals surface area (Å²) in [6.45, 7) is 11.8. The van der Waals surface area contributed by atoms with Gasteiger partial charge in [-0.2, -0.15) is 0 Å². The lowest BCUT2D eigenvalue weighted by molar-refractivity contribution is -0.0363. The monoisotopic (exact) mass is 325 g/mol. The summed E-state index contributed by atoms with van der Waals surface area (Å²) in [7, 11) is 0. The van der Waals surface area contributed by atoms with E-state index in [1.54, 1.807) is 16.2 Å². The van der Waals surface area contributed by atoms with Gasteiger partial charge in [0.05, 0.1) is 18.8 Å². The molecule has 0 spiro atoms. The molecule has 1 aliphatic rings. The fourth-order valence-corrected chi connectivity index (χ4v) is 3.34. The highest BCUT2D eigenvalue weighted by atomic mass is 32.1. The van der Waals surface area contributed by atoms with Gasteiger partial charge in [-0.05, 0) is 52.7 Å². The summed E-state index contributed by atoms with van der Waals surface area (Å²) in [6.07, 6.45) is 1.66. The summed E-state index contributed by atoms with van der Waals surface area (Å²) in [4.78, 5) is 16.5. The van der Waals surface area contributed by atoms with Gasteiger partial charge in [0, 0.05) is 16.3 Å². The molecule has 2 rings (SSSR count). The van der Waals surface area contributed by atoms with Crippen LogP contribution >= 0.6 is 11.3 Å². The molecule has 0 saturated carbocycles. The molecule has 0 bridgehead atoms. The Morgan fingerprint density at radius 3 is 2.64 bits per heavy atom. The minimum absolute atomic E-state index is 0.246. The number of amides is 1. The Labute approximate surface area is 137 Å². The normalized spacial score (nSPS) is 22.1. The quantitative estimate of drug-likeness (QED) is 0.831. The fourth-order valence-electron chi connectivity index (χ4n) is 2.47. The lowest BCUT2D eigenvalue weighted by Crippen LogP contribution is -2.39. The molecule has 22 heavy (non-hydrogen) atoms. The van der Waals surface area contributed by atoms with Crippen molar-refractivity contribution in [3.05, 3.63) is 21.9 Å². The number of rotatable bonds is 4. The Kier molecular flexibility index (Phi) is 5.17. The van der Waals surface area contributed by atoms with Crippen LogP contribution in [-0.4, -0.2) is 35.3 Å². The highest BCUT2D eigenvalue weighted by Gasteiger charge is 2.38. The Balaban J connectivity index is 1.86. The van der Waals surface area contributed by atoms with Crippen molar-refractivity contribution >= 4 is 17.4 Å². The van der Waals surface area contributed by atoms with Crippen LogP contribution in [0.15, 0.2) is 12.1 Å². The SMILES string of the molecule is CCc1ccc(COC2(C)CCN(C(=O)OC(C)(C)C)C2)s1. The van der Waals surface area contributed by atoms with E-state index in [2.05, 4.69) is 26.0 Å². The maximum Gasteiger partial charge on any atom is 0.410 e. The summed E-state index contributed by atoms with van der Waals surface area (Å²) in [5.74, 6) is 0. The predicted octanol–water partition coefficient (Wildman–Crippen LogP) is 4.23. The van der Waals surface area contributed by atoms with Gasteiger partial charge in [0.25, 0.3) is 0 Å². The molecular weight excluding hydrogens is 298 g/mol. The maximum atomic E-state index is 12.1. The molecule has 1 aromatic heterocycles. The number of carbonyl (C=O) groups excluding carboxylic acids is 1. The van der Waals surface area contributed by atoms with Crippen LogP contribution in [0.3, 0.4) is 0 Å². The van der Waals surface area contributed by atoms with Crippen LogP contribution < -0.4 is 0 Å². The van der Waals surface area contributed by atoms with E-state index in [0.29, 0.717) is 19.7 Å². The third-order valence-electron chi connectivity index (χ3n) is 3.72. The van der Waals surface area contributed by atoms with Gasteiger partial charge < -0.3 is 14.4 Å². The highest BCUT2D eigenvalue weighted by Crippen LogP contribution is 2.28. The molecular formula is C17H27NO3S. The molecule has 0 N–H and O–H groups in total. The van der Waals surface area contributed by atoms with E-state index in [1.807, 2.05) is 20.8 Å². The van der Waals surface area contributed by atoms with Crippen molar-refractivity contribution in [3.8, 4) is 0 Å². The van der Waals surface area contributed by atoms with Gasteiger partial charge in [-0.3, -0.25) is 0 Å². The molecule has 1 aromatic rings. The second-order valence-corrected chi connectivity index (χ2v) is 8.36. The molecule has 1 atom stereocenters. The van der Waals surface area contributed by atoms with Crippen LogP contribution in [0.1, 0.15) is 50.8 Å². The standard InChI is InChI=1S/C17H27NO3S/c1-6-13-7-8-14(22-13)11-20-17(5)9-10-18(12-17)15(19)21-16(2,3)4/h7-8H,6,9-12H2,1-5H3. The molecule has 1 unspecified atom stereocenters. The molecule has 5 heteroatoms. The Morgan fingerprint density at radius 1 is 1.36 bits per heavy atom. The molecule has 124 valence electrons. The smallest absolute Gasteiger partial charge is 0.410 e. The zero-order chi connectivity index (χ0) is 16.4. The van der Waals surface area contributed by atoms with Crippen molar-refractivity contribution in [3.63, 3.8) is 0 Å². The van der Waals surface area contributed by atoms with E-state index in [1.165, 1.54) is 9.75 Å². The van der Waals surface area contributed by atoms with Gasteiger partial charge in [-0.15, -0.1) is 11.3 Å². The Hall–Kier alpha value is -1.07. The van der Waals surface area contributed by atoms with E-state index >= 15 is 0 Å². The summed E-state index contributed by atoms with van der Waals surface area (Å²) >= 11 is 1.80. The first-order chi connectivity index (χ1) is 10.2. The molecule has 2 heterocycles. The van der Waals surface area contributed by atoms with Gasteiger partial charge in [-0.1, -0.05) is 6.92 Å². The van der Waals surface area contributed by atoms with Crippen molar-refractivity contribution in [1.82, 2.24) is 4.90 Å². The average molecular weight is 325 g/mol. The first-order valence-electron chi connectivity index (χ1n) is 7.90. The van der Waals surface area contributed by atoms with Gasteiger partial charge in [0.15, 0.2) is 0 Å². The lowest BCUT2D eigenvalue weighted by Gasteiger charge is -2.27. The van der Waals surface area contributed by atoms with E-state index < -0.39 is 5.60 Å². The summed E-state index contributed by atoms with van der Waals surface area (Å²) < 4.78 is 11.5. The number of ether oxygens (including phenoxy) is 2. The molecule has 1 fully saturated rings. The number of aryl methyl sites for hydroxylation is 1. The van der Waals surface area contributed by atoms with Gasteiger partial charge in [0.2, 0.25) is 0 Å². The molecule has 1 saturated heterocycles. The van der Waals surface area contributed by atoms with Crippen molar-refractivity contribution in [2.24, 2.45) is 0 Å². The summed E-state index contributed by atoms with van der Waals surface area (Å²) in [5.41, 5.74) is -0.738. The number of nitrogens with zero attached hydrogens (tertiary/aromatic N) is 1. The van der Waals surface area contributed by atoms with Crippen molar-refractivity contribution in [2.75, 3.05) is 13.1 Å².